The zero-order valence-electron chi connectivity index (χ0n) is 11.9. The Labute approximate surface area is 107 Å². The minimum Gasteiger partial charge on any atom is -0.377 e. The van der Waals surface area contributed by atoms with Crippen LogP contribution in [0.3, 0.4) is 0 Å². The van der Waals surface area contributed by atoms with E-state index in [1.807, 2.05) is 0 Å². The Morgan fingerprint density at radius 2 is 2.18 bits per heavy atom. The lowest BCUT2D eigenvalue weighted by Gasteiger charge is -2.32. The summed E-state index contributed by atoms with van der Waals surface area (Å²) in [5.74, 6) is 0. The molecule has 1 rings (SSSR count). The molecule has 0 saturated carbocycles. The first-order chi connectivity index (χ1) is 8.31. The van der Waals surface area contributed by atoms with Crippen molar-refractivity contribution in [3.63, 3.8) is 0 Å². The van der Waals surface area contributed by atoms with Crippen LogP contribution in [0.2, 0.25) is 0 Å². The molecule has 3 heteroatoms. The number of rotatable bonds is 9. The van der Waals surface area contributed by atoms with Gasteiger partial charge in [0.15, 0.2) is 0 Å². The Balaban J connectivity index is 2.32. The Bertz CT molecular complexity index is 181. The Hall–Kier alpha value is -0.120. The first-order valence-corrected chi connectivity index (χ1v) is 7.38. The maximum atomic E-state index is 5.74. The summed E-state index contributed by atoms with van der Waals surface area (Å²) < 4.78 is 5.74. The van der Waals surface area contributed by atoms with Crippen LogP contribution in [0.1, 0.15) is 46.5 Å². The van der Waals surface area contributed by atoms with Crippen molar-refractivity contribution in [2.24, 2.45) is 0 Å². The Morgan fingerprint density at radius 3 is 2.71 bits per heavy atom. The molecule has 1 saturated heterocycles. The topological polar surface area (TPSA) is 24.5 Å². The van der Waals surface area contributed by atoms with Crippen molar-refractivity contribution in [2.75, 3.05) is 32.8 Å². The first-order valence-electron chi connectivity index (χ1n) is 7.38. The van der Waals surface area contributed by atoms with Gasteiger partial charge in [0, 0.05) is 25.7 Å². The summed E-state index contributed by atoms with van der Waals surface area (Å²) in [4.78, 5) is 2.58. The third-order valence-corrected chi connectivity index (χ3v) is 3.66. The van der Waals surface area contributed by atoms with E-state index in [0.29, 0.717) is 12.1 Å². The molecule has 0 aromatic rings. The van der Waals surface area contributed by atoms with Gasteiger partial charge in [-0.15, -0.1) is 0 Å². The monoisotopic (exact) mass is 242 g/mol. The van der Waals surface area contributed by atoms with E-state index in [1.165, 1.54) is 25.7 Å². The van der Waals surface area contributed by atoms with E-state index >= 15 is 0 Å². The van der Waals surface area contributed by atoms with Crippen molar-refractivity contribution in [2.45, 2.75) is 58.6 Å². The van der Waals surface area contributed by atoms with E-state index in [9.17, 15) is 0 Å². The van der Waals surface area contributed by atoms with Gasteiger partial charge in [0.1, 0.15) is 0 Å². The van der Waals surface area contributed by atoms with Crippen LogP contribution in [0.5, 0.6) is 0 Å². The van der Waals surface area contributed by atoms with Gasteiger partial charge < -0.3 is 10.1 Å². The zero-order chi connectivity index (χ0) is 12.5. The summed E-state index contributed by atoms with van der Waals surface area (Å²) in [7, 11) is 0. The highest BCUT2D eigenvalue weighted by atomic mass is 16.5. The van der Waals surface area contributed by atoms with E-state index in [-0.39, 0.29) is 0 Å². The van der Waals surface area contributed by atoms with Crippen LogP contribution in [0, 0.1) is 0 Å². The van der Waals surface area contributed by atoms with Crippen LogP contribution in [0.25, 0.3) is 0 Å². The number of nitrogens with zero attached hydrogens (tertiary/aromatic N) is 1. The van der Waals surface area contributed by atoms with Crippen molar-refractivity contribution < 1.29 is 4.74 Å². The van der Waals surface area contributed by atoms with E-state index < -0.39 is 0 Å². The molecule has 0 bridgehead atoms. The lowest BCUT2D eigenvalue weighted by molar-refractivity contribution is 0.0581. The summed E-state index contributed by atoms with van der Waals surface area (Å²) in [5.41, 5.74) is 0. The summed E-state index contributed by atoms with van der Waals surface area (Å²) in [6, 6.07) is 0.663. The van der Waals surface area contributed by atoms with E-state index in [0.717, 1.165) is 32.8 Å². The van der Waals surface area contributed by atoms with Gasteiger partial charge in [-0.3, -0.25) is 4.90 Å². The molecule has 1 fully saturated rings. The molecule has 1 heterocycles. The molecule has 17 heavy (non-hydrogen) atoms. The number of likely N-dealkylation sites (N-methyl/N-ethyl adjacent to an activating group) is 1. The van der Waals surface area contributed by atoms with Gasteiger partial charge in [0.2, 0.25) is 0 Å². The molecular weight excluding hydrogens is 212 g/mol. The fraction of sp³-hybridized carbons (Fsp3) is 1.00. The summed E-state index contributed by atoms with van der Waals surface area (Å²) in [6.07, 6.45) is 5.41. The van der Waals surface area contributed by atoms with Crippen molar-refractivity contribution in [3.8, 4) is 0 Å². The summed E-state index contributed by atoms with van der Waals surface area (Å²) >= 11 is 0. The molecule has 0 aliphatic carbocycles. The number of nitrogens with one attached hydrogen (secondary N) is 1. The quantitative estimate of drug-likeness (QED) is 0.628. The number of hydrogen-bond donors (Lipinski definition) is 1. The normalized spacial score (nSPS) is 22.2. The van der Waals surface area contributed by atoms with Crippen LogP contribution in [0.4, 0.5) is 0 Å². The second-order valence-corrected chi connectivity index (χ2v) is 4.99. The van der Waals surface area contributed by atoms with Gasteiger partial charge in [0.25, 0.3) is 0 Å². The van der Waals surface area contributed by atoms with Gasteiger partial charge in [-0.05, 0) is 38.8 Å². The third-order valence-electron chi connectivity index (χ3n) is 3.66. The fourth-order valence-corrected chi connectivity index (χ4v) is 2.56. The van der Waals surface area contributed by atoms with Crippen LogP contribution >= 0.6 is 0 Å². The predicted octanol–water partition coefficient (Wildman–Crippen LogP) is 2.27. The third kappa shape index (κ3) is 5.36. The first kappa shape index (κ1) is 14.9. The highest BCUT2D eigenvalue weighted by Gasteiger charge is 2.22. The molecule has 0 aromatic carbocycles. The van der Waals surface area contributed by atoms with Gasteiger partial charge >= 0.3 is 0 Å². The summed E-state index contributed by atoms with van der Waals surface area (Å²) in [6.45, 7) is 12.2. The minimum absolute atomic E-state index is 0.482. The van der Waals surface area contributed by atoms with E-state index in [1.54, 1.807) is 0 Å². The highest BCUT2D eigenvalue weighted by molar-refractivity contribution is 4.77. The molecule has 102 valence electrons. The van der Waals surface area contributed by atoms with Crippen molar-refractivity contribution in [1.82, 2.24) is 10.2 Å². The van der Waals surface area contributed by atoms with Gasteiger partial charge in [-0.25, -0.2) is 0 Å². The van der Waals surface area contributed by atoms with Crippen LogP contribution < -0.4 is 5.32 Å². The second-order valence-electron chi connectivity index (χ2n) is 4.99. The van der Waals surface area contributed by atoms with Gasteiger partial charge in [-0.1, -0.05) is 20.8 Å². The molecule has 0 amide bonds. The zero-order valence-corrected chi connectivity index (χ0v) is 11.9. The van der Waals surface area contributed by atoms with E-state index in [4.69, 9.17) is 4.74 Å². The summed E-state index contributed by atoms with van der Waals surface area (Å²) in [5, 5.41) is 3.54. The number of ether oxygens (including phenoxy) is 1. The second kappa shape index (κ2) is 8.90. The van der Waals surface area contributed by atoms with Crippen LogP contribution in [0.15, 0.2) is 0 Å². The molecule has 0 spiro atoms. The maximum absolute atomic E-state index is 5.74. The average molecular weight is 242 g/mol. The van der Waals surface area contributed by atoms with Crippen LogP contribution in [-0.4, -0.2) is 49.8 Å². The van der Waals surface area contributed by atoms with Crippen molar-refractivity contribution >= 4 is 0 Å². The molecule has 1 aliphatic rings. The van der Waals surface area contributed by atoms with Crippen molar-refractivity contribution in [1.29, 1.82) is 0 Å². The largest absolute Gasteiger partial charge is 0.377 e. The standard InChI is InChI=1S/C14H30N2O/c1-4-9-15-11-13(5-2)16(6-3)12-14-8-7-10-17-14/h13-15H,4-12H2,1-3H3. The van der Waals surface area contributed by atoms with Crippen LogP contribution in [-0.2, 0) is 4.74 Å². The highest BCUT2D eigenvalue weighted by Crippen LogP contribution is 2.15. The van der Waals surface area contributed by atoms with E-state index in [2.05, 4.69) is 31.0 Å². The Kier molecular flexibility index (Phi) is 7.82. The molecule has 1 N–H and O–H groups in total. The molecule has 1 aliphatic heterocycles. The SMILES string of the molecule is CCCNCC(CC)N(CC)CC1CCCO1. The predicted molar refractivity (Wildman–Crippen MR) is 73.5 cm³/mol. The molecular formula is C14H30N2O. The molecule has 0 radical (unpaired) electrons. The maximum Gasteiger partial charge on any atom is 0.0702 e. The lowest BCUT2D eigenvalue weighted by atomic mass is 10.1. The molecule has 2 unspecified atom stereocenters. The van der Waals surface area contributed by atoms with Crippen molar-refractivity contribution in [3.05, 3.63) is 0 Å². The molecule has 0 aromatic heterocycles. The average Bonchev–Trinajstić information content (AvgIpc) is 2.85. The Morgan fingerprint density at radius 1 is 1.35 bits per heavy atom. The van der Waals surface area contributed by atoms with Gasteiger partial charge in [-0.2, -0.15) is 0 Å². The molecule has 2 atom stereocenters. The molecule has 3 nitrogen and oxygen atoms in total. The fourth-order valence-electron chi connectivity index (χ4n) is 2.56. The minimum atomic E-state index is 0.482. The lowest BCUT2D eigenvalue weighted by Crippen LogP contribution is -2.45. The number of hydrogen-bond acceptors (Lipinski definition) is 3. The van der Waals surface area contributed by atoms with Gasteiger partial charge in [0.05, 0.1) is 6.10 Å². The smallest absolute Gasteiger partial charge is 0.0702 e.